The molecule has 1 aromatic heterocycles. The van der Waals surface area contributed by atoms with Crippen LogP contribution >= 0.6 is 0 Å². The van der Waals surface area contributed by atoms with E-state index in [0.717, 1.165) is 0 Å². The third kappa shape index (κ3) is 1.31. The lowest BCUT2D eigenvalue weighted by Crippen LogP contribution is -2.04. The van der Waals surface area contributed by atoms with E-state index in [4.69, 9.17) is 10.2 Å². The van der Waals surface area contributed by atoms with Gasteiger partial charge in [-0.25, -0.2) is 9.78 Å². The van der Waals surface area contributed by atoms with Crippen LogP contribution in [-0.4, -0.2) is 18.1 Å². The van der Waals surface area contributed by atoms with E-state index in [2.05, 4.69) is 9.72 Å². The van der Waals surface area contributed by atoms with Crippen molar-refractivity contribution >= 4 is 11.9 Å². The van der Waals surface area contributed by atoms with Crippen LogP contribution in [-0.2, 0) is 4.74 Å². The molecule has 1 heterocycles. The molecule has 1 rings (SSSR count). The van der Waals surface area contributed by atoms with Gasteiger partial charge in [-0.2, -0.15) is 0 Å². The normalized spacial score (nSPS) is 9.64. The van der Waals surface area contributed by atoms with Gasteiger partial charge in [0.2, 0.25) is 11.6 Å². The highest BCUT2D eigenvalue weighted by Gasteiger charge is 2.15. The van der Waals surface area contributed by atoms with Crippen LogP contribution in [0.2, 0.25) is 0 Å². The fourth-order valence-corrected chi connectivity index (χ4v) is 0.686. The summed E-state index contributed by atoms with van der Waals surface area (Å²) in [5, 5.41) is 0. The van der Waals surface area contributed by atoms with Gasteiger partial charge in [-0.05, 0) is 0 Å². The van der Waals surface area contributed by atoms with E-state index in [1.54, 1.807) is 6.92 Å². The number of carbonyl (C=O) groups excluding carboxylic acids is 1. The third-order valence-corrected chi connectivity index (χ3v) is 1.14. The second kappa shape index (κ2) is 2.61. The molecular formula is C6H8N2O3. The Hall–Kier alpha value is -1.52. The minimum Gasteiger partial charge on any atom is -0.464 e. The van der Waals surface area contributed by atoms with Crippen molar-refractivity contribution in [2.45, 2.75) is 6.92 Å². The Morgan fingerprint density at radius 1 is 1.73 bits per heavy atom. The number of aromatic nitrogens is 1. The van der Waals surface area contributed by atoms with Crippen LogP contribution in [0.3, 0.4) is 0 Å². The number of ether oxygens (including phenoxy) is 1. The van der Waals surface area contributed by atoms with Crippen molar-refractivity contribution in [2.24, 2.45) is 0 Å². The summed E-state index contributed by atoms with van der Waals surface area (Å²) in [7, 11) is 1.26. The number of nitrogens with zero attached hydrogens (tertiary/aromatic N) is 1. The highest BCUT2D eigenvalue weighted by molar-refractivity contribution is 5.91. The number of carbonyl (C=O) groups is 1. The molecule has 0 amide bonds. The first kappa shape index (κ1) is 7.59. The monoisotopic (exact) mass is 156 g/mol. The highest BCUT2D eigenvalue weighted by atomic mass is 16.5. The summed E-state index contributed by atoms with van der Waals surface area (Å²) in [5.41, 5.74) is 5.32. The summed E-state index contributed by atoms with van der Waals surface area (Å²) in [6.07, 6.45) is 0. The molecule has 0 aromatic carbocycles. The molecule has 0 unspecified atom stereocenters. The van der Waals surface area contributed by atoms with Crippen LogP contribution in [0, 0.1) is 6.92 Å². The predicted molar refractivity (Wildman–Crippen MR) is 37.0 cm³/mol. The van der Waals surface area contributed by atoms with Gasteiger partial charge >= 0.3 is 5.97 Å². The number of rotatable bonds is 1. The fraction of sp³-hybridized carbons (Fsp3) is 0.333. The molecule has 0 radical (unpaired) electrons. The van der Waals surface area contributed by atoms with Gasteiger partial charge in [-0.15, -0.1) is 0 Å². The Balaban J connectivity index is 3.03. The van der Waals surface area contributed by atoms with Gasteiger partial charge in [0.25, 0.3) is 0 Å². The molecule has 0 bridgehead atoms. The average molecular weight is 156 g/mol. The minimum absolute atomic E-state index is 0.00523. The summed E-state index contributed by atoms with van der Waals surface area (Å²) >= 11 is 0. The summed E-state index contributed by atoms with van der Waals surface area (Å²) in [6, 6.07) is 0. The number of aryl methyl sites for hydroxylation is 1. The molecule has 1 aromatic rings. The molecule has 5 heteroatoms. The van der Waals surface area contributed by atoms with E-state index in [1.807, 2.05) is 0 Å². The zero-order valence-corrected chi connectivity index (χ0v) is 6.25. The van der Waals surface area contributed by atoms with Crippen molar-refractivity contribution in [2.75, 3.05) is 12.8 Å². The molecule has 0 saturated heterocycles. The summed E-state index contributed by atoms with van der Waals surface area (Å²) in [5.74, 6) is -0.239. The first-order valence-corrected chi connectivity index (χ1v) is 2.96. The zero-order valence-electron chi connectivity index (χ0n) is 6.25. The van der Waals surface area contributed by atoms with E-state index < -0.39 is 5.97 Å². The SMILES string of the molecule is COC(=O)c1nc(C)oc1N. The molecule has 0 saturated carbocycles. The molecule has 0 spiro atoms. The van der Waals surface area contributed by atoms with Crippen molar-refractivity contribution in [1.82, 2.24) is 4.98 Å². The van der Waals surface area contributed by atoms with Crippen LogP contribution in [0.25, 0.3) is 0 Å². The number of esters is 1. The molecule has 2 N–H and O–H groups in total. The molecule has 0 atom stereocenters. The van der Waals surface area contributed by atoms with Gasteiger partial charge in [0.15, 0.2) is 5.89 Å². The maximum Gasteiger partial charge on any atom is 0.362 e. The smallest absolute Gasteiger partial charge is 0.362 e. The van der Waals surface area contributed by atoms with Crippen LogP contribution in [0.5, 0.6) is 0 Å². The Labute approximate surface area is 63.2 Å². The number of hydrogen-bond donors (Lipinski definition) is 1. The molecule has 0 aliphatic carbocycles. The average Bonchev–Trinajstić information content (AvgIpc) is 2.28. The zero-order chi connectivity index (χ0) is 8.43. The first-order valence-electron chi connectivity index (χ1n) is 2.96. The second-order valence-corrected chi connectivity index (χ2v) is 1.94. The Kier molecular flexibility index (Phi) is 1.80. The maximum atomic E-state index is 10.8. The van der Waals surface area contributed by atoms with Gasteiger partial charge in [0.05, 0.1) is 7.11 Å². The van der Waals surface area contributed by atoms with Gasteiger partial charge in [-0.1, -0.05) is 0 Å². The molecule has 0 aliphatic heterocycles. The Morgan fingerprint density at radius 3 is 2.73 bits per heavy atom. The Morgan fingerprint density at radius 2 is 2.36 bits per heavy atom. The first-order chi connectivity index (χ1) is 5.15. The van der Waals surface area contributed by atoms with Crippen LogP contribution in [0.15, 0.2) is 4.42 Å². The van der Waals surface area contributed by atoms with Crippen molar-refractivity contribution in [3.63, 3.8) is 0 Å². The van der Waals surface area contributed by atoms with Crippen molar-refractivity contribution in [1.29, 1.82) is 0 Å². The number of nitrogen functional groups attached to an aromatic ring is 1. The number of methoxy groups -OCH3 is 1. The lowest BCUT2D eigenvalue weighted by Gasteiger charge is -1.91. The van der Waals surface area contributed by atoms with E-state index in [9.17, 15) is 4.79 Å². The highest BCUT2D eigenvalue weighted by Crippen LogP contribution is 2.12. The van der Waals surface area contributed by atoms with Crippen molar-refractivity contribution in [3.8, 4) is 0 Å². The fourth-order valence-electron chi connectivity index (χ4n) is 0.686. The van der Waals surface area contributed by atoms with Gasteiger partial charge in [-0.3, -0.25) is 0 Å². The maximum absolute atomic E-state index is 10.8. The molecule has 0 fully saturated rings. The van der Waals surface area contributed by atoms with E-state index >= 15 is 0 Å². The number of anilines is 1. The number of oxazole rings is 1. The van der Waals surface area contributed by atoms with Crippen molar-refractivity contribution < 1.29 is 13.9 Å². The van der Waals surface area contributed by atoms with E-state index in [0.29, 0.717) is 5.89 Å². The van der Waals surface area contributed by atoms with Crippen LogP contribution in [0.4, 0.5) is 5.88 Å². The second-order valence-electron chi connectivity index (χ2n) is 1.94. The number of hydrogen-bond acceptors (Lipinski definition) is 5. The molecule has 60 valence electrons. The largest absolute Gasteiger partial charge is 0.464 e. The van der Waals surface area contributed by atoms with Gasteiger partial charge in [0.1, 0.15) is 0 Å². The standard InChI is InChI=1S/C6H8N2O3/c1-3-8-4(5(7)11-3)6(9)10-2/h7H2,1-2H3. The summed E-state index contributed by atoms with van der Waals surface area (Å²) in [6.45, 7) is 1.60. The van der Waals surface area contributed by atoms with E-state index in [-0.39, 0.29) is 11.6 Å². The van der Waals surface area contributed by atoms with Crippen LogP contribution in [0.1, 0.15) is 16.4 Å². The number of nitrogens with two attached hydrogens (primary N) is 1. The lowest BCUT2D eigenvalue weighted by molar-refractivity contribution is 0.0595. The van der Waals surface area contributed by atoms with Crippen LogP contribution < -0.4 is 5.73 Å². The lowest BCUT2D eigenvalue weighted by atomic mass is 10.4. The summed E-state index contributed by atoms with van der Waals surface area (Å²) < 4.78 is 9.19. The van der Waals surface area contributed by atoms with Crippen molar-refractivity contribution in [3.05, 3.63) is 11.6 Å². The minimum atomic E-state index is -0.584. The van der Waals surface area contributed by atoms with E-state index in [1.165, 1.54) is 7.11 Å². The van der Waals surface area contributed by atoms with Gasteiger partial charge in [0, 0.05) is 6.92 Å². The topological polar surface area (TPSA) is 78.3 Å². The van der Waals surface area contributed by atoms with Gasteiger partial charge < -0.3 is 14.9 Å². The molecule has 0 aliphatic rings. The Bertz CT molecular complexity index is 279. The molecule has 11 heavy (non-hydrogen) atoms. The predicted octanol–water partition coefficient (Wildman–Crippen LogP) is 0.352. The molecule has 5 nitrogen and oxygen atoms in total. The third-order valence-electron chi connectivity index (χ3n) is 1.14. The quantitative estimate of drug-likeness (QED) is 0.593. The summed E-state index contributed by atoms with van der Waals surface area (Å²) in [4.78, 5) is 14.5. The molecular weight excluding hydrogens is 148 g/mol.